The van der Waals surface area contributed by atoms with Gasteiger partial charge in [0.1, 0.15) is 11.9 Å². The van der Waals surface area contributed by atoms with Crippen LogP contribution in [0.1, 0.15) is 6.92 Å². The Kier molecular flexibility index (Phi) is 6.39. The average Bonchev–Trinajstić information content (AvgIpc) is 1.21. The molecule has 0 fully saturated rings. The molecule has 2 N–H and O–H groups in total. The monoisotopic (exact) mass is 161 g/mol. The number of ketones is 1. The van der Waals surface area contributed by atoms with E-state index < -0.39 is 19.5 Å². The first-order valence-corrected chi connectivity index (χ1v) is 3.75. The second kappa shape index (κ2) is 4.61. The maximum absolute atomic E-state index is 9.97. The van der Waals surface area contributed by atoms with Crippen molar-refractivity contribution in [2.75, 3.05) is 6.16 Å². The predicted octanol–water partition coefficient (Wildman–Crippen LogP) is -0.628. The van der Waals surface area contributed by atoms with Crippen molar-refractivity contribution in [1.82, 2.24) is 0 Å². The first-order valence-electron chi connectivity index (χ1n) is 1.96. The summed E-state index contributed by atoms with van der Waals surface area (Å²) in [5, 5.41) is 0. The van der Waals surface area contributed by atoms with Crippen LogP contribution in [0.3, 0.4) is 0 Å². The van der Waals surface area contributed by atoms with E-state index in [2.05, 4.69) is 0 Å². The molecule has 9 heavy (non-hydrogen) atoms. The molecule has 0 saturated carbocycles. The van der Waals surface area contributed by atoms with E-state index in [9.17, 15) is 9.36 Å². The van der Waals surface area contributed by atoms with Gasteiger partial charge in [0.2, 0.25) is 0 Å². The molecule has 0 unspecified atom stereocenters. The second-order valence-electron chi connectivity index (χ2n) is 1.52. The van der Waals surface area contributed by atoms with Crippen LogP contribution < -0.4 is 0 Å². The molecule has 0 bridgehead atoms. The van der Waals surface area contributed by atoms with Gasteiger partial charge in [-0.3, -0.25) is 9.36 Å². The van der Waals surface area contributed by atoms with Crippen molar-refractivity contribution in [2.45, 2.75) is 6.92 Å². The van der Waals surface area contributed by atoms with Crippen LogP contribution in [-0.4, -0.2) is 51.3 Å². The number of Topliss-reactive ketones (excluding diaryl/α,β-unsaturated/α-hetero) is 1. The number of carbonyl (C=O) groups is 1. The molecule has 0 aromatic rings. The van der Waals surface area contributed by atoms with Gasteiger partial charge >= 0.3 is 7.60 Å². The number of hydrogen-bond donors (Lipinski definition) is 2. The van der Waals surface area contributed by atoms with E-state index in [0.29, 0.717) is 0 Å². The maximum atomic E-state index is 9.97. The molecule has 6 heteroatoms. The Hall–Kier alpha value is 0.820. The van der Waals surface area contributed by atoms with E-state index in [-0.39, 0.29) is 29.6 Å². The van der Waals surface area contributed by atoms with Crippen molar-refractivity contribution < 1.29 is 19.1 Å². The molecule has 0 spiro atoms. The fourth-order valence-electron chi connectivity index (χ4n) is 0.290. The third-order valence-corrected chi connectivity index (χ3v) is 1.29. The smallest absolute Gasteiger partial charge is 0.324 e. The fraction of sp³-hybridized carbons (Fsp3) is 0.667. The van der Waals surface area contributed by atoms with Crippen LogP contribution in [0, 0.1) is 0 Å². The molecule has 0 amide bonds. The van der Waals surface area contributed by atoms with Gasteiger partial charge < -0.3 is 9.79 Å². The summed E-state index contributed by atoms with van der Waals surface area (Å²) in [6.07, 6.45) is -0.646. The van der Waals surface area contributed by atoms with Gasteiger partial charge in [-0.1, -0.05) is 0 Å². The van der Waals surface area contributed by atoms with Crippen molar-refractivity contribution >= 4 is 42.9 Å². The number of rotatable bonds is 2. The Morgan fingerprint density at radius 3 is 1.89 bits per heavy atom. The molecule has 0 aromatic carbocycles. The van der Waals surface area contributed by atoms with Gasteiger partial charge in [-0.25, -0.2) is 0 Å². The van der Waals surface area contributed by atoms with Crippen LogP contribution in [0.2, 0.25) is 0 Å². The zero-order chi connectivity index (χ0) is 6.78. The van der Waals surface area contributed by atoms with Crippen LogP contribution in [0.4, 0.5) is 0 Å². The zero-order valence-corrected chi connectivity index (χ0v) is 8.26. The first-order chi connectivity index (χ1) is 3.42. The summed E-state index contributed by atoms with van der Waals surface area (Å²) in [5.74, 6) is -0.488. The van der Waals surface area contributed by atoms with Crippen molar-refractivity contribution in [3.05, 3.63) is 0 Å². The van der Waals surface area contributed by atoms with Crippen LogP contribution in [0.5, 0.6) is 0 Å². The Morgan fingerprint density at radius 2 is 1.89 bits per heavy atom. The van der Waals surface area contributed by atoms with E-state index in [1.807, 2.05) is 0 Å². The van der Waals surface area contributed by atoms with E-state index in [4.69, 9.17) is 9.79 Å². The van der Waals surface area contributed by atoms with Gasteiger partial charge in [-0.05, 0) is 6.92 Å². The summed E-state index contributed by atoms with van der Waals surface area (Å²) < 4.78 is 9.92. The molecule has 0 aliphatic rings. The van der Waals surface area contributed by atoms with Gasteiger partial charge in [0, 0.05) is 29.6 Å². The molecule has 4 nitrogen and oxygen atoms in total. The first kappa shape index (κ1) is 12.5. The standard InChI is InChI=1S/C3H7O4P.Na/c1-3(4)2-8(5,6)7;/h2H2,1H3,(H2,5,6,7);. The van der Waals surface area contributed by atoms with Gasteiger partial charge in [-0.15, -0.1) is 0 Å². The largest absolute Gasteiger partial charge is 0.332 e. The molecule has 0 aliphatic heterocycles. The zero-order valence-electron chi connectivity index (χ0n) is 5.37. The Bertz CT molecular complexity index is 139. The number of hydrogen-bond acceptors (Lipinski definition) is 2. The van der Waals surface area contributed by atoms with Gasteiger partial charge in [-0.2, -0.15) is 0 Å². The molecule has 49 valence electrons. The molecule has 0 atom stereocenters. The van der Waals surface area contributed by atoms with Gasteiger partial charge in [0.05, 0.1) is 0 Å². The Balaban J connectivity index is 0. The molecule has 0 saturated heterocycles. The second-order valence-corrected chi connectivity index (χ2v) is 3.17. The Labute approximate surface area is 75.1 Å². The third kappa shape index (κ3) is 12.1. The third-order valence-electron chi connectivity index (χ3n) is 0.429. The SMILES string of the molecule is CC(=O)CP(=O)(O)O.[Na]. The molecule has 1 radical (unpaired) electrons. The quantitative estimate of drug-likeness (QED) is 0.417. The predicted molar refractivity (Wildman–Crippen MR) is 33.3 cm³/mol. The van der Waals surface area contributed by atoms with Crippen LogP contribution in [-0.2, 0) is 9.36 Å². The normalized spacial score (nSPS) is 10.1. The Morgan fingerprint density at radius 1 is 1.56 bits per heavy atom. The molecular formula is C3H7NaO4P. The number of carbonyl (C=O) groups excluding carboxylic acids is 1. The molecular weight excluding hydrogens is 154 g/mol. The van der Waals surface area contributed by atoms with Crippen molar-refractivity contribution in [3.8, 4) is 0 Å². The van der Waals surface area contributed by atoms with Gasteiger partial charge in [0.15, 0.2) is 0 Å². The minimum Gasteiger partial charge on any atom is -0.324 e. The summed E-state index contributed by atoms with van der Waals surface area (Å²) in [7, 11) is -4.07. The summed E-state index contributed by atoms with van der Waals surface area (Å²) in [6.45, 7) is 1.14. The minimum atomic E-state index is -4.07. The average molecular weight is 161 g/mol. The van der Waals surface area contributed by atoms with Crippen molar-refractivity contribution in [3.63, 3.8) is 0 Å². The van der Waals surface area contributed by atoms with E-state index in [0.717, 1.165) is 6.92 Å². The summed E-state index contributed by atoms with van der Waals surface area (Å²) in [5.41, 5.74) is 0. The minimum absolute atomic E-state index is 0. The fourth-order valence-corrected chi connectivity index (χ4v) is 0.870. The van der Waals surface area contributed by atoms with Crippen LogP contribution in [0.25, 0.3) is 0 Å². The topological polar surface area (TPSA) is 74.6 Å². The molecule has 0 aromatic heterocycles. The summed E-state index contributed by atoms with van der Waals surface area (Å²) >= 11 is 0. The van der Waals surface area contributed by atoms with E-state index >= 15 is 0 Å². The maximum Gasteiger partial charge on any atom is 0.332 e. The van der Waals surface area contributed by atoms with Crippen molar-refractivity contribution in [1.29, 1.82) is 0 Å². The summed E-state index contributed by atoms with van der Waals surface area (Å²) in [4.78, 5) is 26.1. The van der Waals surface area contributed by atoms with E-state index in [1.54, 1.807) is 0 Å². The summed E-state index contributed by atoms with van der Waals surface area (Å²) in [6, 6.07) is 0. The molecule has 0 rings (SSSR count). The van der Waals surface area contributed by atoms with E-state index in [1.165, 1.54) is 0 Å². The molecule has 0 aliphatic carbocycles. The van der Waals surface area contributed by atoms with Crippen LogP contribution >= 0.6 is 7.60 Å². The van der Waals surface area contributed by atoms with Gasteiger partial charge in [0.25, 0.3) is 0 Å². The molecule has 0 heterocycles. The van der Waals surface area contributed by atoms with Crippen molar-refractivity contribution in [2.24, 2.45) is 0 Å². The van der Waals surface area contributed by atoms with Crippen LogP contribution in [0.15, 0.2) is 0 Å².